The molecule has 4 aliphatic rings. The van der Waals surface area contributed by atoms with Crippen LogP contribution in [0.15, 0.2) is 0 Å². The number of carbonyl (C=O) groups is 2. The number of fused-ring (bicyclic) bond motifs is 5. The Kier molecular flexibility index (Phi) is 3.54. The summed E-state index contributed by atoms with van der Waals surface area (Å²) < 4.78 is 0. The van der Waals surface area contributed by atoms with E-state index < -0.39 is 0 Å². The van der Waals surface area contributed by atoms with E-state index in [-0.39, 0.29) is 29.1 Å². The van der Waals surface area contributed by atoms with Crippen LogP contribution in [0.5, 0.6) is 0 Å². The quantitative estimate of drug-likeness (QED) is 0.806. The highest BCUT2D eigenvalue weighted by Crippen LogP contribution is 2.65. The van der Waals surface area contributed by atoms with Crippen molar-refractivity contribution in [3.05, 3.63) is 0 Å². The number of carbonyl (C=O) groups excluding carboxylic acids is 2. The van der Waals surface area contributed by atoms with Crippen LogP contribution in [0.2, 0.25) is 0 Å². The second kappa shape index (κ2) is 5.15. The van der Waals surface area contributed by atoms with Crippen LogP contribution in [-0.2, 0) is 9.59 Å². The Balaban J connectivity index is 1.65. The fraction of sp³-hybridized carbons (Fsp3) is 0.900. The minimum absolute atomic E-state index is 0.0121. The van der Waals surface area contributed by atoms with Crippen molar-refractivity contribution in [2.24, 2.45) is 40.4 Å². The molecule has 4 aliphatic carbocycles. The summed E-state index contributed by atoms with van der Waals surface area (Å²) in [6.45, 7) is 4.62. The first-order valence-electron chi connectivity index (χ1n) is 9.57. The van der Waals surface area contributed by atoms with Gasteiger partial charge in [0.1, 0.15) is 11.6 Å². The molecule has 0 amide bonds. The summed E-state index contributed by atoms with van der Waals surface area (Å²) in [7, 11) is 0. The molecule has 0 heterocycles. The Morgan fingerprint density at radius 2 is 1.87 bits per heavy atom. The third-order valence-corrected chi connectivity index (χ3v) is 8.58. The molecule has 0 aromatic rings. The topological polar surface area (TPSA) is 54.4 Å². The van der Waals surface area contributed by atoms with Gasteiger partial charge in [-0.2, -0.15) is 0 Å². The molecular formula is C20H30O3. The predicted molar refractivity (Wildman–Crippen MR) is 87.7 cm³/mol. The van der Waals surface area contributed by atoms with Gasteiger partial charge >= 0.3 is 0 Å². The van der Waals surface area contributed by atoms with E-state index in [1.165, 1.54) is 6.42 Å². The molecule has 128 valence electrons. The molecular weight excluding hydrogens is 288 g/mol. The number of hydrogen-bond donors (Lipinski definition) is 1. The molecule has 0 saturated heterocycles. The first-order valence-corrected chi connectivity index (χ1v) is 9.57. The SMILES string of the molecule is C[C@]12CC(CO)C(=O)CC1CC[C@@H]1[C@@H]2CC[C@]2(C)C(=O)CC[C@@H]12. The second-order valence-electron chi connectivity index (χ2n) is 9.33. The Hall–Kier alpha value is -0.700. The van der Waals surface area contributed by atoms with Crippen LogP contribution in [0, 0.1) is 40.4 Å². The molecule has 3 heteroatoms. The minimum Gasteiger partial charge on any atom is -0.396 e. The predicted octanol–water partition coefficient (Wildman–Crippen LogP) is 3.39. The molecule has 4 rings (SSSR count). The first kappa shape index (κ1) is 15.8. The van der Waals surface area contributed by atoms with Crippen LogP contribution < -0.4 is 0 Å². The van der Waals surface area contributed by atoms with Gasteiger partial charge in [-0.05, 0) is 67.6 Å². The Labute approximate surface area is 139 Å². The van der Waals surface area contributed by atoms with Crippen molar-refractivity contribution in [3.63, 3.8) is 0 Å². The molecule has 0 aromatic heterocycles. The number of hydrogen-bond acceptors (Lipinski definition) is 3. The number of aliphatic hydroxyl groups is 1. The standard InChI is InChI=1S/C20H30O3/c1-19-8-7-16-14(15(19)5-6-18(19)23)4-3-13-9-17(22)12(11-21)10-20(13,16)2/h12-16,21H,3-11H2,1-2H3/t12?,13?,14-,15-,16-,19-,20-/m0/s1. The normalized spacial score (nSPS) is 52.7. The first-order chi connectivity index (χ1) is 10.9. The molecule has 4 saturated carbocycles. The number of aliphatic hydroxyl groups excluding tert-OH is 1. The Bertz CT molecular complexity index is 541. The van der Waals surface area contributed by atoms with Crippen LogP contribution in [0.1, 0.15) is 65.2 Å². The van der Waals surface area contributed by atoms with E-state index >= 15 is 0 Å². The van der Waals surface area contributed by atoms with Crippen molar-refractivity contribution in [3.8, 4) is 0 Å². The fourth-order valence-corrected chi connectivity index (χ4v) is 7.18. The summed E-state index contributed by atoms with van der Waals surface area (Å²) >= 11 is 0. The van der Waals surface area contributed by atoms with Crippen molar-refractivity contribution >= 4 is 11.6 Å². The third-order valence-electron chi connectivity index (χ3n) is 8.58. The highest BCUT2D eigenvalue weighted by Gasteiger charge is 2.61. The molecule has 3 nitrogen and oxygen atoms in total. The van der Waals surface area contributed by atoms with Crippen LogP contribution in [-0.4, -0.2) is 23.3 Å². The van der Waals surface area contributed by atoms with Crippen molar-refractivity contribution in [2.75, 3.05) is 6.61 Å². The van der Waals surface area contributed by atoms with E-state index in [0.29, 0.717) is 35.9 Å². The van der Waals surface area contributed by atoms with Gasteiger partial charge in [-0.1, -0.05) is 13.8 Å². The van der Waals surface area contributed by atoms with Gasteiger partial charge in [-0.25, -0.2) is 0 Å². The zero-order valence-corrected chi connectivity index (χ0v) is 14.5. The zero-order valence-electron chi connectivity index (χ0n) is 14.5. The van der Waals surface area contributed by atoms with Crippen molar-refractivity contribution in [1.29, 1.82) is 0 Å². The smallest absolute Gasteiger partial charge is 0.139 e. The van der Waals surface area contributed by atoms with Crippen LogP contribution >= 0.6 is 0 Å². The maximum absolute atomic E-state index is 12.4. The number of ketones is 2. The fourth-order valence-electron chi connectivity index (χ4n) is 7.18. The lowest BCUT2D eigenvalue weighted by Gasteiger charge is -2.60. The van der Waals surface area contributed by atoms with Gasteiger partial charge < -0.3 is 5.11 Å². The Morgan fingerprint density at radius 1 is 1.09 bits per heavy atom. The van der Waals surface area contributed by atoms with Gasteiger partial charge in [0.2, 0.25) is 0 Å². The molecule has 0 bridgehead atoms. The van der Waals surface area contributed by atoms with Gasteiger partial charge in [-0.15, -0.1) is 0 Å². The molecule has 0 radical (unpaired) electrons. The van der Waals surface area contributed by atoms with E-state index in [1.807, 2.05) is 0 Å². The molecule has 0 aromatic carbocycles. The van der Waals surface area contributed by atoms with Gasteiger partial charge in [0.15, 0.2) is 0 Å². The highest BCUT2D eigenvalue weighted by molar-refractivity contribution is 5.87. The molecule has 23 heavy (non-hydrogen) atoms. The molecule has 0 aliphatic heterocycles. The van der Waals surface area contributed by atoms with Gasteiger partial charge in [0.25, 0.3) is 0 Å². The highest BCUT2D eigenvalue weighted by atomic mass is 16.3. The lowest BCUT2D eigenvalue weighted by molar-refractivity contribution is -0.151. The van der Waals surface area contributed by atoms with E-state index in [9.17, 15) is 14.7 Å². The largest absolute Gasteiger partial charge is 0.396 e. The van der Waals surface area contributed by atoms with Crippen molar-refractivity contribution < 1.29 is 14.7 Å². The summed E-state index contributed by atoms with van der Waals surface area (Å²) in [6, 6.07) is 0. The van der Waals surface area contributed by atoms with E-state index in [2.05, 4.69) is 13.8 Å². The molecule has 4 fully saturated rings. The maximum Gasteiger partial charge on any atom is 0.139 e. The third kappa shape index (κ3) is 2.04. The Morgan fingerprint density at radius 3 is 2.61 bits per heavy atom. The van der Waals surface area contributed by atoms with Crippen LogP contribution in [0.3, 0.4) is 0 Å². The summed E-state index contributed by atoms with van der Waals surface area (Å²) in [6.07, 6.45) is 7.93. The summed E-state index contributed by atoms with van der Waals surface area (Å²) in [5, 5.41) is 9.62. The lowest BCUT2D eigenvalue weighted by atomic mass is 9.44. The second-order valence-corrected chi connectivity index (χ2v) is 9.33. The maximum atomic E-state index is 12.4. The van der Waals surface area contributed by atoms with E-state index in [0.717, 1.165) is 38.5 Å². The molecule has 2 unspecified atom stereocenters. The summed E-state index contributed by atoms with van der Waals surface area (Å²) in [5.74, 6) is 3.01. The van der Waals surface area contributed by atoms with E-state index in [1.54, 1.807) is 0 Å². The zero-order chi connectivity index (χ0) is 16.4. The van der Waals surface area contributed by atoms with Crippen molar-refractivity contribution in [1.82, 2.24) is 0 Å². The monoisotopic (exact) mass is 318 g/mol. The summed E-state index contributed by atoms with van der Waals surface area (Å²) in [4.78, 5) is 24.7. The van der Waals surface area contributed by atoms with Gasteiger partial charge in [0, 0.05) is 24.2 Å². The van der Waals surface area contributed by atoms with Crippen molar-refractivity contribution in [2.45, 2.75) is 65.2 Å². The summed E-state index contributed by atoms with van der Waals surface area (Å²) in [5.41, 5.74) is 0.127. The molecule has 0 spiro atoms. The molecule has 1 N–H and O–H groups in total. The van der Waals surface area contributed by atoms with Crippen LogP contribution in [0.25, 0.3) is 0 Å². The average molecular weight is 318 g/mol. The average Bonchev–Trinajstić information content (AvgIpc) is 2.83. The van der Waals surface area contributed by atoms with E-state index in [4.69, 9.17) is 0 Å². The number of Topliss-reactive ketones (excluding diaryl/α,β-unsaturated/α-hetero) is 2. The number of rotatable bonds is 1. The van der Waals surface area contributed by atoms with Crippen LogP contribution in [0.4, 0.5) is 0 Å². The lowest BCUT2D eigenvalue weighted by Crippen LogP contribution is -2.55. The minimum atomic E-state index is -0.145. The van der Waals surface area contributed by atoms with Gasteiger partial charge in [0.05, 0.1) is 6.61 Å². The molecule has 7 atom stereocenters. The van der Waals surface area contributed by atoms with Gasteiger partial charge in [-0.3, -0.25) is 9.59 Å².